The second-order valence-corrected chi connectivity index (χ2v) is 7.31. The fourth-order valence-electron chi connectivity index (χ4n) is 2.68. The van der Waals surface area contributed by atoms with Crippen molar-refractivity contribution in [3.8, 4) is 0 Å². The Kier molecular flexibility index (Phi) is 4.36. The third-order valence-electron chi connectivity index (χ3n) is 4.00. The first-order valence-corrected chi connectivity index (χ1v) is 8.98. The molecule has 0 atom stereocenters. The summed E-state index contributed by atoms with van der Waals surface area (Å²) in [4.78, 5) is 2.08. The molecule has 2 heterocycles. The van der Waals surface area contributed by atoms with Crippen molar-refractivity contribution < 1.29 is 12.8 Å². The molecule has 0 unspecified atom stereocenters. The first-order valence-electron chi connectivity index (χ1n) is 7.54. The Morgan fingerprint density at radius 3 is 2.48 bits per heavy atom. The van der Waals surface area contributed by atoms with Crippen LogP contribution in [0.15, 0.2) is 41.6 Å². The monoisotopic (exact) mass is 338 g/mol. The molecule has 1 aliphatic rings. The number of sulfonamides is 1. The summed E-state index contributed by atoms with van der Waals surface area (Å²) in [5.74, 6) is -0.284. The lowest BCUT2D eigenvalue weighted by Gasteiger charge is -2.35. The fourth-order valence-corrected chi connectivity index (χ4v) is 4.05. The number of piperazine rings is 1. The van der Waals surface area contributed by atoms with Crippen LogP contribution >= 0.6 is 0 Å². The minimum atomic E-state index is -3.54. The number of nitrogens with zero attached hydrogens (tertiary/aromatic N) is 4. The van der Waals surface area contributed by atoms with Crippen molar-refractivity contribution in [3.63, 3.8) is 0 Å². The Hall–Kier alpha value is -1.93. The number of benzene rings is 1. The summed E-state index contributed by atoms with van der Waals surface area (Å²) in [6, 6.07) is 6.55. The average Bonchev–Trinajstić information content (AvgIpc) is 3.05. The lowest BCUT2D eigenvalue weighted by atomic mass is 10.2. The standard InChI is InChI=1S/C15H19FN4O2S/c1-2-19-12-13(11-17-19)23(21,22)20-9-7-18(8-10-20)15-6-4-3-5-14(15)16/h3-6,11-12H,2,7-10H2,1H3. The SMILES string of the molecule is CCn1cc(S(=O)(=O)N2CCN(c3ccccc3F)CC2)cn1. The molecule has 23 heavy (non-hydrogen) atoms. The van der Waals surface area contributed by atoms with E-state index in [9.17, 15) is 12.8 Å². The number of aryl methyl sites for hydroxylation is 1. The van der Waals surface area contributed by atoms with E-state index in [0.717, 1.165) is 0 Å². The van der Waals surface area contributed by atoms with Crippen molar-refractivity contribution in [1.82, 2.24) is 14.1 Å². The molecule has 2 aromatic rings. The third kappa shape index (κ3) is 3.09. The van der Waals surface area contributed by atoms with Crippen LogP contribution in [0.25, 0.3) is 0 Å². The Morgan fingerprint density at radius 1 is 1.17 bits per heavy atom. The van der Waals surface area contributed by atoms with E-state index < -0.39 is 10.0 Å². The zero-order valence-electron chi connectivity index (χ0n) is 12.9. The Morgan fingerprint density at radius 2 is 1.87 bits per heavy atom. The van der Waals surface area contributed by atoms with E-state index in [0.29, 0.717) is 38.4 Å². The van der Waals surface area contributed by atoms with Gasteiger partial charge in [0.2, 0.25) is 10.0 Å². The molecule has 3 rings (SSSR count). The Labute approximate surface area is 135 Å². The lowest BCUT2D eigenvalue weighted by molar-refractivity contribution is 0.383. The van der Waals surface area contributed by atoms with Gasteiger partial charge in [0.05, 0.1) is 11.9 Å². The van der Waals surface area contributed by atoms with Gasteiger partial charge in [-0.3, -0.25) is 4.68 Å². The molecule has 0 saturated carbocycles. The van der Waals surface area contributed by atoms with Crippen molar-refractivity contribution in [2.24, 2.45) is 0 Å². The molecule has 8 heteroatoms. The predicted octanol–water partition coefficient (Wildman–Crippen LogP) is 1.55. The van der Waals surface area contributed by atoms with Gasteiger partial charge in [-0.1, -0.05) is 12.1 Å². The molecule has 0 spiro atoms. The molecule has 1 saturated heterocycles. The maximum absolute atomic E-state index is 13.8. The average molecular weight is 338 g/mol. The van der Waals surface area contributed by atoms with Gasteiger partial charge in [-0.2, -0.15) is 9.40 Å². The van der Waals surface area contributed by atoms with E-state index in [1.807, 2.05) is 11.8 Å². The number of rotatable bonds is 4. The van der Waals surface area contributed by atoms with Crippen LogP contribution in [0.1, 0.15) is 6.92 Å². The second-order valence-electron chi connectivity index (χ2n) is 5.37. The van der Waals surface area contributed by atoms with Gasteiger partial charge in [-0.15, -0.1) is 0 Å². The molecule has 0 amide bonds. The van der Waals surface area contributed by atoms with Crippen molar-refractivity contribution in [1.29, 1.82) is 0 Å². The summed E-state index contributed by atoms with van der Waals surface area (Å²) in [7, 11) is -3.54. The number of aromatic nitrogens is 2. The molecule has 1 aromatic heterocycles. The summed E-state index contributed by atoms with van der Waals surface area (Å²) in [6.45, 7) is 4.10. The normalized spacial score (nSPS) is 16.7. The molecule has 124 valence electrons. The fraction of sp³-hybridized carbons (Fsp3) is 0.400. The van der Waals surface area contributed by atoms with Crippen LogP contribution in [0.5, 0.6) is 0 Å². The first kappa shape index (κ1) is 15.9. The van der Waals surface area contributed by atoms with Gasteiger partial charge in [-0.25, -0.2) is 12.8 Å². The van der Waals surface area contributed by atoms with Crippen LogP contribution in [-0.2, 0) is 16.6 Å². The highest BCUT2D eigenvalue weighted by atomic mass is 32.2. The van der Waals surface area contributed by atoms with E-state index >= 15 is 0 Å². The van der Waals surface area contributed by atoms with Gasteiger partial charge >= 0.3 is 0 Å². The smallest absolute Gasteiger partial charge is 0.246 e. The molecule has 0 aliphatic carbocycles. The maximum atomic E-state index is 13.8. The van der Waals surface area contributed by atoms with Crippen LogP contribution in [0.3, 0.4) is 0 Å². The van der Waals surface area contributed by atoms with Crippen LogP contribution < -0.4 is 4.90 Å². The topological polar surface area (TPSA) is 58.4 Å². The number of hydrogen-bond acceptors (Lipinski definition) is 4. The molecule has 6 nitrogen and oxygen atoms in total. The first-order chi connectivity index (χ1) is 11.0. The summed E-state index contributed by atoms with van der Waals surface area (Å²) >= 11 is 0. The van der Waals surface area contributed by atoms with Gasteiger partial charge in [0.25, 0.3) is 0 Å². The molecule has 0 bridgehead atoms. The second kappa shape index (κ2) is 6.29. The zero-order valence-corrected chi connectivity index (χ0v) is 13.7. The molecule has 1 fully saturated rings. The highest BCUT2D eigenvalue weighted by Gasteiger charge is 2.30. The molecule has 1 aromatic carbocycles. The highest BCUT2D eigenvalue weighted by molar-refractivity contribution is 7.89. The third-order valence-corrected chi connectivity index (χ3v) is 5.85. The summed E-state index contributed by atoms with van der Waals surface area (Å²) in [5, 5.41) is 4.02. The summed E-state index contributed by atoms with van der Waals surface area (Å²) < 4.78 is 42.1. The Bertz CT molecular complexity index is 782. The van der Waals surface area contributed by atoms with E-state index in [-0.39, 0.29) is 10.7 Å². The predicted molar refractivity (Wildman–Crippen MR) is 85.3 cm³/mol. The minimum absolute atomic E-state index is 0.207. The number of para-hydroxylation sites is 1. The van der Waals surface area contributed by atoms with Crippen LogP contribution in [0, 0.1) is 5.82 Å². The van der Waals surface area contributed by atoms with E-state index in [1.165, 1.54) is 16.6 Å². The van der Waals surface area contributed by atoms with Crippen LogP contribution in [-0.4, -0.2) is 48.7 Å². The molecular weight excluding hydrogens is 319 g/mol. The minimum Gasteiger partial charge on any atom is -0.367 e. The summed E-state index contributed by atoms with van der Waals surface area (Å²) in [5.41, 5.74) is 0.517. The maximum Gasteiger partial charge on any atom is 0.246 e. The largest absolute Gasteiger partial charge is 0.367 e. The molecular formula is C15H19FN4O2S. The zero-order chi connectivity index (χ0) is 16.4. The van der Waals surface area contributed by atoms with Crippen LogP contribution in [0.2, 0.25) is 0 Å². The van der Waals surface area contributed by atoms with Crippen molar-refractivity contribution in [2.75, 3.05) is 31.1 Å². The van der Waals surface area contributed by atoms with Gasteiger partial charge in [0, 0.05) is 38.9 Å². The lowest BCUT2D eigenvalue weighted by Crippen LogP contribution is -2.48. The molecule has 1 aliphatic heterocycles. The van der Waals surface area contributed by atoms with E-state index in [2.05, 4.69) is 5.10 Å². The van der Waals surface area contributed by atoms with Gasteiger partial charge in [0.15, 0.2) is 0 Å². The quantitative estimate of drug-likeness (QED) is 0.849. The molecule has 0 N–H and O–H groups in total. The van der Waals surface area contributed by atoms with E-state index in [1.54, 1.807) is 29.1 Å². The highest BCUT2D eigenvalue weighted by Crippen LogP contribution is 2.23. The van der Waals surface area contributed by atoms with Crippen molar-refractivity contribution in [2.45, 2.75) is 18.4 Å². The van der Waals surface area contributed by atoms with Crippen LogP contribution in [0.4, 0.5) is 10.1 Å². The van der Waals surface area contributed by atoms with Gasteiger partial charge in [0.1, 0.15) is 10.7 Å². The molecule has 0 radical (unpaired) electrons. The number of halogens is 1. The number of hydrogen-bond donors (Lipinski definition) is 0. The van der Waals surface area contributed by atoms with Crippen molar-refractivity contribution >= 4 is 15.7 Å². The number of anilines is 1. The van der Waals surface area contributed by atoms with Gasteiger partial charge < -0.3 is 4.90 Å². The van der Waals surface area contributed by atoms with Crippen molar-refractivity contribution in [3.05, 3.63) is 42.5 Å². The van der Waals surface area contributed by atoms with Gasteiger partial charge in [-0.05, 0) is 19.1 Å². The Balaban J connectivity index is 1.72. The summed E-state index contributed by atoms with van der Waals surface area (Å²) in [6.07, 6.45) is 2.92. The van der Waals surface area contributed by atoms with E-state index in [4.69, 9.17) is 0 Å².